The largest absolute Gasteiger partial charge is 0.354 e. The summed E-state index contributed by atoms with van der Waals surface area (Å²) in [7, 11) is 0. The van der Waals surface area contributed by atoms with Crippen LogP contribution < -0.4 is 16.6 Å². The molecule has 110 valence electrons. The fraction of sp³-hybridized carbons (Fsp3) is 0.0909. The van der Waals surface area contributed by atoms with E-state index in [4.69, 9.17) is 5.84 Å². The van der Waals surface area contributed by atoms with Crippen LogP contribution in [-0.2, 0) is 0 Å². The summed E-state index contributed by atoms with van der Waals surface area (Å²) in [4.78, 5) is 18.0. The number of hydrazine groups is 1. The molecule has 0 spiro atoms. The van der Waals surface area contributed by atoms with Crippen molar-refractivity contribution in [2.75, 3.05) is 10.7 Å². The summed E-state index contributed by atoms with van der Waals surface area (Å²) in [5.74, 6) is 4.58. The number of hydrogen-bond donors (Lipinski definition) is 3. The zero-order valence-electron chi connectivity index (χ0n) is 10.7. The highest BCUT2D eigenvalue weighted by atomic mass is 79.9. The molecule has 0 aliphatic carbocycles. The van der Waals surface area contributed by atoms with Gasteiger partial charge < -0.3 is 10.7 Å². The van der Waals surface area contributed by atoms with Gasteiger partial charge in [0.2, 0.25) is 11.6 Å². The molecule has 2 rings (SSSR count). The Morgan fingerprint density at radius 2 is 2.05 bits per heavy atom. The molecule has 0 fully saturated rings. The van der Waals surface area contributed by atoms with E-state index in [1.165, 1.54) is 12.1 Å². The standard InChI is InChI=1S/C11H10BrFN6O2/c1-5-2-7(13)6(12)3-8(5)17-10-9(19(20)21)11(18-14)16-4-15-10/h2-4H,14H2,1H3,(H2,15,16,17,18). The van der Waals surface area contributed by atoms with Crippen molar-refractivity contribution in [3.63, 3.8) is 0 Å². The number of rotatable bonds is 4. The predicted octanol–water partition coefficient (Wildman–Crippen LogP) is 2.62. The Morgan fingerprint density at radius 1 is 1.38 bits per heavy atom. The molecule has 0 aliphatic heterocycles. The lowest BCUT2D eigenvalue weighted by molar-refractivity contribution is -0.383. The Morgan fingerprint density at radius 3 is 2.67 bits per heavy atom. The molecule has 8 nitrogen and oxygen atoms in total. The van der Waals surface area contributed by atoms with E-state index >= 15 is 0 Å². The normalized spacial score (nSPS) is 10.3. The maximum Gasteiger partial charge on any atom is 0.354 e. The summed E-state index contributed by atoms with van der Waals surface area (Å²) in [6.07, 6.45) is 1.12. The lowest BCUT2D eigenvalue weighted by Crippen LogP contribution is -2.13. The van der Waals surface area contributed by atoms with Gasteiger partial charge in [0.15, 0.2) is 0 Å². The highest BCUT2D eigenvalue weighted by molar-refractivity contribution is 9.10. The summed E-state index contributed by atoms with van der Waals surface area (Å²) >= 11 is 3.06. The topological polar surface area (TPSA) is 119 Å². The average Bonchev–Trinajstić information content (AvgIpc) is 2.44. The van der Waals surface area contributed by atoms with Crippen molar-refractivity contribution in [2.24, 2.45) is 5.84 Å². The number of nitrogens with zero attached hydrogens (tertiary/aromatic N) is 3. The van der Waals surface area contributed by atoms with Crippen molar-refractivity contribution in [3.05, 3.63) is 44.4 Å². The molecule has 4 N–H and O–H groups in total. The molecule has 0 atom stereocenters. The third-order valence-electron chi connectivity index (χ3n) is 2.66. The van der Waals surface area contributed by atoms with Crippen LogP contribution in [-0.4, -0.2) is 14.9 Å². The maximum atomic E-state index is 13.4. The van der Waals surface area contributed by atoms with Crippen molar-refractivity contribution >= 4 is 38.9 Å². The molecule has 10 heteroatoms. The number of nitrogens with two attached hydrogens (primary N) is 1. The number of aryl methyl sites for hydroxylation is 1. The molecule has 0 saturated carbocycles. The van der Waals surface area contributed by atoms with Gasteiger partial charge in [-0.15, -0.1) is 0 Å². The molecule has 2 aromatic rings. The van der Waals surface area contributed by atoms with E-state index in [1.54, 1.807) is 6.92 Å². The lowest BCUT2D eigenvalue weighted by atomic mass is 10.2. The van der Waals surface area contributed by atoms with Crippen LogP contribution in [0.15, 0.2) is 22.9 Å². The summed E-state index contributed by atoms with van der Waals surface area (Å²) in [5, 5.41) is 13.9. The first-order valence-corrected chi connectivity index (χ1v) is 6.42. The molecule has 0 aliphatic rings. The van der Waals surface area contributed by atoms with Gasteiger partial charge >= 0.3 is 5.69 Å². The quantitative estimate of drug-likeness (QED) is 0.437. The zero-order chi connectivity index (χ0) is 15.6. The monoisotopic (exact) mass is 356 g/mol. The minimum absolute atomic E-state index is 0.0513. The van der Waals surface area contributed by atoms with Gasteiger partial charge in [0.25, 0.3) is 0 Å². The van der Waals surface area contributed by atoms with Gasteiger partial charge in [-0.25, -0.2) is 20.2 Å². The Bertz CT molecular complexity index is 711. The van der Waals surface area contributed by atoms with Gasteiger partial charge in [-0.2, -0.15) is 0 Å². The lowest BCUT2D eigenvalue weighted by Gasteiger charge is -2.11. The molecule has 0 saturated heterocycles. The fourth-order valence-electron chi connectivity index (χ4n) is 1.66. The van der Waals surface area contributed by atoms with E-state index in [0.717, 1.165) is 6.33 Å². The number of nitrogen functional groups attached to an aromatic ring is 1. The predicted molar refractivity (Wildman–Crippen MR) is 78.6 cm³/mol. The maximum absolute atomic E-state index is 13.4. The Balaban J connectivity index is 2.49. The van der Waals surface area contributed by atoms with Crippen LogP contribution >= 0.6 is 15.9 Å². The van der Waals surface area contributed by atoms with Crippen LogP contribution in [0.1, 0.15) is 5.56 Å². The first-order valence-electron chi connectivity index (χ1n) is 5.62. The number of benzene rings is 1. The minimum Gasteiger partial charge on any atom is -0.334 e. The fourth-order valence-corrected chi connectivity index (χ4v) is 2.00. The van der Waals surface area contributed by atoms with Gasteiger partial charge in [0, 0.05) is 5.69 Å². The van der Waals surface area contributed by atoms with Crippen LogP contribution in [0.4, 0.5) is 27.4 Å². The number of halogens is 2. The Hall–Kier alpha value is -2.33. The highest BCUT2D eigenvalue weighted by Crippen LogP contribution is 2.33. The Labute approximate surface area is 126 Å². The SMILES string of the molecule is Cc1cc(F)c(Br)cc1Nc1ncnc(NN)c1[N+](=O)[O-]. The van der Waals surface area contributed by atoms with Gasteiger partial charge in [-0.1, -0.05) is 0 Å². The molecule has 1 aromatic heterocycles. The third kappa shape index (κ3) is 3.06. The van der Waals surface area contributed by atoms with Gasteiger partial charge in [0.05, 0.1) is 9.40 Å². The number of hydrogen-bond acceptors (Lipinski definition) is 7. The van der Waals surface area contributed by atoms with E-state index in [1.807, 2.05) is 0 Å². The molecular formula is C11H10BrFN6O2. The molecule has 0 amide bonds. The zero-order valence-corrected chi connectivity index (χ0v) is 12.3. The number of nitro groups is 1. The van der Waals surface area contributed by atoms with Gasteiger partial charge in [-0.3, -0.25) is 10.1 Å². The van der Waals surface area contributed by atoms with Crippen molar-refractivity contribution in [1.29, 1.82) is 0 Å². The number of anilines is 3. The second-order valence-electron chi connectivity index (χ2n) is 4.03. The molecule has 1 aromatic carbocycles. The summed E-state index contributed by atoms with van der Waals surface area (Å²) < 4.78 is 13.6. The molecule has 1 heterocycles. The molecule has 0 unspecified atom stereocenters. The molecule has 21 heavy (non-hydrogen) atoms. The average molecular weight is 357 g/mol. The highest BCUT2D eigenvalue weighted by Gasteiger charge is 2.23. The first-order chi connectivity index (χ1) is 9.93. The smallest absolute Gasteiger partial charge is 0.334 e. The summed E-state index contributed by atoms with van der Waals surface area (Å²) in [6, 6.07) is 2.76. The van der Waals surface area contributed by atoms with E-state index in [2.05, 4.69) is 36.6 Å². The van der Waals surface area contributed by atoms with Gasteiger partial charge in [-0.05, 0) is 40.5 Å². The van der Waals surface area contributed by atoms with E-state index in [9.17, 15) is 14.5 Å². The van der Waals surface area contributed by atoms with Crippen LogP contribution in [0.25, 0.3) is 0 Å². The van der Waals surface area contributed by atoms with E-state index in [0.29, 0.717) is 11.3 Å². The second kappa shape index (κ2) is 5.97. The second-order valence-corrected chi connectivity index (χ2v) is 4.88. The van der Waals surface area contributed by atoms with Crippen molar-refractivity contribution in [1.82, 2.24) is 9.97 Å². The summed E-state index contributed by atoms with van der Waals surface area (Å²) in [6.45, 7) is 1.66. The Kier molecular flexibility index (Phi) is 4.29. The van der Waals surface area contributed by atoms with E-state index in [-0.39, 0.29) is 16.1 Å². The molecular weight excluding hydrogens is 347 g/mol. The van der Waals surface area contributed by atoms with Gasteiger partial charge in [0.1, 0.15) is 12.1 Å². The summed E-state index contributed by atoms with van der Waals surface area (Å²) in [5.41, 5.74) is 2.76. The van der Waals surface area contributed by atoms with Crippen LogP contribution in [0, 0.1) is 22.9 Å². The van der Waals surface area contributed by atoms with Crippen molar-refractivity contribution < 1.29 is 9.31 Å². The van der Waals surface area contributed by atoms with Crippen molar-refractivity contribution in [2.45, 2.75) is 6.92 Å². The van der Waals surface area contributed by atoms with Crippen LogP contribution in [0.5, 0.6) is 0 Å². The van der Waals surface area contributed by atoms with E-state index < -0.39 is 16.4 Å². The molecule has 0 bridgehead atoms. The van der Waals surface area contributed by atoms with Crippen molar-refractivity contribution in [3.8, 4) is 0 Å². The molecule has 0 radical (unpaired) electrons. The van der Waals surface area contributed by atoms with Crippen LogP contribution in [0.3, 0.4) is 0 Å². The first kappa shape index (κ1) is 15.1. The number of aromatic nitrogens is 2. The minimum atomic E-state index is -0.661. The number of nitrogens with one attached hydrogen (secondary N) is 2. The van der Waals surface area contributed by atoms with Crippen LogP contribution in [0.2, 0.25) is 0 Å². The third-order valence-corrected chi connectivity index (χ3v) is 3.27.